The maximum absolute atomic E-state index is 12.9. The van der Waals surface area contributed by atoms with E-state index >= 15 is 0 Å². The third-order valence-corrected chi connectivity index (χ3v) is 5.03. The molecule has 26 heavy (non-hydrogen) atoms. The largest absolute Gasteiger partial charge is 0.465 e. The zero-order valence-corrected chi connectivity index (χ0v) is 14.6. The molecule has 1 spiro atoms. The maximum atomic E-state index is 12.9. The Labute approximate surface area is 150 Å². The van der Waals surface area contributed by atoms with Crippen LogP contribution < -0.4 is 0 Å². The number of ketones is 1. The summed E-state index contributed by atoms with van der Waals surface area (Å²) in [5, 5.41) is 15.4. The van der Waals surface area contributed by atoms with Crippen LogP contribution >= 0.6 is 0 Å². The van der Waals surface area contributed by atoms with Crippen LogP contribution in [0.15, 0.2) is 35.5 Å². The summed E-state index contributed by atoms with van der Waals surface area (Å²) < 4.78 is 5.09. The minimum Gasteiger partial charge on any atom is -0.465 e. The van der Waals surface area contributed by atoms with Gasteiger partial charge in [0.05, 0.1) is 13.0 Å². The quantitative estimate of drug-likeness (QED) is 0.352. The van der Waals surface area contributed by atoms with Crippen LogP contribution in [0.25, 0.3) is 0 Å². The molecule has 138 valence electrons. The lowest BCUT2D eigenvalue weighted by molar-refractivity contribution is -0.523. The average molecular weight is 360 g/mol. The van der Waals surface area contributed by atoms with Crippen molar-refractivity contribution < 1.29 is 24.1 Å². The zero-order valence-electron chi connectivity index (χ0n) is 14.6. The van der Waals surface area contributed by atoms with Crippen molar-refractivity contribution in [2.45, 2.75) is 44.2 Å². The van der Waals surface area contributed by atoms with Crippen LogP contribution in [0.5, 0.6) is 0 Å². The number of nitrogens with zero attached hydrogens (tertiary/aromatic N) is 2. The SMILES string of the molecule is CCOC(=O)[C@@H]1C(=O)C[C@@]2(C[C@H]1c1ccccc1)ON=C(C)[C@@H]2[N+](=O)[O-]. The summed E-state index contributed by atoms with van der Waals surface area (Å²) in [5.74, 6) is -2.59. The van der Waals surface area contributed by atoms with E-state index in [-0.39, 0.29) is 25.2 Å². The highest BCUT2D eigenvalue weighted by molar-refractivity contribution is 6.02. The topological polar surface area (TPSA) is 108 Å². The minimum absolute atomic E-state index is 0.138. The number of rotatable bonds is 4. The van der Waals surface area contributed by atoms with E-state index in [1.54, 1.807) is 31.2 Å². The molecule has 0 aromatic heterocycles. The number of benzene rings is 1. The maximum Gasteiger partial charge on any atom is 0.317 e. The second kappa shape index (κ2) is 6.86. The van der Waals surface area contributed by atoms with Gasteiger partial charge in [0.15, 0.2) is 5.78 Å². The van der Waals surface area contributed by atoms with Crippen LogP contribution in [0.1, 0.15) is 38.2 Å². The fraction of sp³-hybridized carbons (Fsp3) is 0.500. The monoisotopic (exact) mass is 360 g/mol. The number of esters is 1. The van der Waals surface area contributed by atoms with Crippen molar-refractivity contribution in [3.05, 3.63) is 46.0 Å². The summed E-state index contributed by atoms with van der Waals surface area (Å²) >= 11 is 0. The summed E-state index contributed by atoms with van der Waals surface area (Å²) in [4.78, 5) is 41.9. The molecule has 0 radical (unpaired) electrons. The van der Waals surface area contributed by atoms with E-state index in [1.165, 1.54) is 6.92 Å². The van der Waals surface area contributed by atoms with Crippen molar-refractivity contribution in [2.75, 3.05) is 6.61 Å². The number of carbonyl (C=O) groups is 2. The molecule has 0 amide bonds. The van der Waals surface area contributed by atoms with Crippen molar-refractivity contribution in [3.63, 3.8) is 0 Å². The van der Waals surface area contributed by atoms with Gasteiger partial charge >= 0.3 is 5.97 Å². The fourth-order valence-corrected chi connectivity index (χ4v) is 4.00. The Morgan fingerprint density at radius 3 is 2.73 bits per heavy atom. The molecule has 8 heteroatoms. The van der Waals surface area contributed by atoms with E-state index in [4.69, 9.17) is 9.57 Å². The molecule has 0 unspecified atom stereocenters. The Bertz CT molecular complexity index is 762. The molecule has 1 saturated carbocycles. The van der Waals surface area contributed by atoms with Crippen LogP contribution in [-0.2, 0) is 19.2 Å². The van der Waals surface area contributed by atoms with Crippen LogP contribution in [0.3, 0.4) is 0 Å². The molecule has 1 heterocycles. The smallest absolute Gasteiger partial charge is 0.317 e. The minimum atomic E-state index is -1.37. The number of carbonyl (C=O) groups excluding carboxylic acids is 2. The first kappa shape index (κ1) is 18.0. The number of Topliss-reactive ketones (excluding diaryl/α,β-unsaturated/α-hetero) is 1. The summed E-state index contributed by atoms with van der Waals surface area (Å²) in [5.41, 5.74) is -0.397. The fourth-order valence-electron chi connectivity index (χ4n) is 4.00. The Morgan fingerprint density at radius 2 is 2.12 bits per heavy atom. The second-order valence-electron chi connectivity index (χ2n) is 6.67. The van der Waals surface area contributed by atoms with Gasteiger partial charge in [-0.05, 0) is 19.4 Å². The third kappa shape index (κ3) is 2.95. The van der Waals surface area contributed by atoms with Gasteiger partial charge in [0.2, 0.25) is 5.60 Å². The van der Waals surface area contributed by atoms with Gasteiger partial charge in [0.1, 0.15) is 11.6 Å². The van der Waals surface area contributed by atoms with E-state index in [0.29, 0.717) is 0 Å². The van der Waals surface area contributed by atoms with Crippen molar-refractivity contribution in [1.29, 1.82) is 0 Å². The lowest BCUT2D eigenvalue weighted by Gasteiger charge is -2.39. The normalized spacial score (nSPS) is 30.6. The Morgan fingerprint density at radius 1 is 1.42 bits per heavy atom. The van der Waals surface area contributed by atoms with Crippen molar-refractivity contribution in [1.82, 2.24) is 0 Å². The van der Waals surface area contributed by atoms with E-state index < -0.39 is 40.2 Å². The number of nitro groups is 1. The van der Waals surface area contributed by atoms with Gasteiger partial charge in [-0.15, -0.1) is 0 Å². The molecule has 3 rings (SSSR count). The zero-order chi connectivity index (χ0) is 18.9. The summed E-state index contributed by atoms with van der Waals surface area (Å²) in [6.45, 7) is 3.34. The predicted molar refractivity (Wildman–Crippen MR) is 91.3 cm³/mol. The summed E-state index contributed by atoms with van der Waals surface area (Å²) in [6.07, 6.45) is -0.106. The molecule has 1 aromatic rings. The highest BCUT2D eigenvalue weighted by Crippen LogP contribution is 2.47. The van der Waals surface area contributed by atoms with Crippen molar-refractivity contribution >= 4 is 17.5 Å². The van der Waals surface area contributed by atoms with E-state index in [1.807, 2.05) is 6.07 Å². The summed E-state index contributed by atoms with van der Waals surface area (Å²) in [7, 11) is 0. The number of oxime groups is 1. The third-order valence-electron chi connectivity index (χ3n) is 5.03. The molecule has 2 aliphatic rings. The molecule has 1 fully saturated rings. The molecule has 8 nitrogen and oxygen atoms in total. The van der Waals surface area contributed by atoms with E-state index in [9.17, 15) is 19.7 Å². The van der Waals surface area contributed by atoms with Gasteiger partial charge in [0.25, 0.3) is 6.04 Å². The van der Waals surface area contributed by atoms with Gasteiger partial charge in [-0.3, -0.25) is 19.7 Å². The molecular weight excluding hydrogens is 340 g/mol. The first-order valence-corrected chi connectivity index (χ1v) is 8.50. The van der Waals surface area contributed by atoms with E-state index in [2.05, 4.69) is 5.16 Å². The molecule has 0 N–H and O–H groups in total. The summed E-state index contributed by atoms with van der Waals surface area (Å²) in [6, 6.07) is 7.81. The average Bonchev–Trinajstić information content (AvgIpc) is 2.91. The second-order valence-corrected chi connectivity index (χ2v) is 6.67. The highest BCUT2D eigenvalue weighted by atomic mass is 16.7. The standard InChI is InChI=1S/C18H20N2O6/c1-3-25-17(22)15-13(12-7-5-4-6-8-12)9-18(10-14(15)21)16(20(23)24)11(2)19-26-18/h4-8,13,15-16H,3,9-10H2,1-2H3/t13-,15-,16-,18+/m0/s1. The van der Waals surface area contributed by atoms with Crippen LogP contribution in [0, 0.1) is 16.0 Å². The lowest BCUT2D eigenvalue weighted by atomic mass is 9.65. The molecular formula is C18H20N2O6. The molecule has 1 aromatic carbocycles. The Kier molecular flexibility index (Phi) is 4.76. The van der Waals surface area contributed by atoms with Gasteiger partial charge < -0.3 is 9.57 Å². The molecule has 1 aliphatic carbocycles. The predicted octanol–water partition coefficient (Wildman–Crippen LogP) is 2.10. The van der Waals surface area contributed by atoms with Gasteiger partial charge in [-0.1, -0.05) is 35.5 Å². The molecule has 1 aliphatic heterocycles. The van der Waals surface area contributed by atoms with Crippen molar-refractivity contribution in [3.8, 4) is 0 Å². The molecule has 4 atom stereocenters. The first-order chi connectivity index (χ1) is 12.4. The molecule has 0 bridgehead atoms. The highest BCUT2D eigenvalue weighted by Gasteiger charge is 2.63. The van der Waals surface area contributed by atoms with Crippen LogP contribution in [-0.4, -0.2) is 40.6 Å². The Balaban J connectivity index is 2.02. The van der Waals surface area contributed by atoms with Crippen LogP contribution in [0.4, 0.5) is 0 Å². The van der Waals surface area contributed by atoms with Gasteiger partial charge in [-0.25, -0.2) is 0 Å². The number of hydrogen-bond donors (Lipinski definition) is 0. The molecule has 0 saturated heterocycles. The Hall–Kier alpha value is -2.77. The first-order valence-electron chi connectivity index (χ1n) is 8.50. The van der Waals surface area contributed by atoms with Crippen LogP contribution in [0.2, 0.25) is 0 Å². The number of ether oxygens (including phenoxy) is 1. The number of hydrogen-bond acceptors (Lipinski definition) is 7. The lowest BCUT2D eigenvalue weighted by Crippen LogP contribution is -2.55. The van der Waals surface area contributed by atoms with Crippen molar-refractivity contribution in [2.24, 2.45) is 11.1 Å². The van der Waals surface area contributed by atoms with Gasteiger partial charge in [-0.2, -0.15) is 0 Å². The van der Waals surface area contributed by atoms with Gasteiger partial charge in [0, 0.05) is 17.3 Å². The van der Waals surface area contributed by atoms with E-state index in [0.717, 1.165) is 5.56 Å².